The van der Waals surface area contributed by atoms with Gasteiger partial charge in [-0.05, 0) is 37.3 Å². The largest absolute Gasteiger partial charge is 0.465 e. The minimum Gasteiger partial charge on any atom is -0.465 e. The van der Waals surface area contributed by atoms with E-state index in [-0.39, 0.29) is 5.91 Å². The molecule has 0 fully saturated rings. The molecule has 1 amide bonds. The van der Waals surface area contributed by atoms with Crippen molar-refractivity contribution in [2.24, 2.45) is 0 Å². The van der Waals surface area contributed by atoms with Crippen molar-refractivity contribution in [3.63, 3.8) is 0 Å². The molecule has 0 saturated carbocycles. The number of pyridine rings is 2. The van der Waals surface area contributed by atoms with Gasteiger partial charge in [-0.15, -0.1) is 0 Å². The Bertz CT molecular complexity index is 938. The number of benzene rings is 1. The van der Waals surface area contributed by atoms with Gasteiger partial charge < -0.3 is 10.1 Å². The fourth-order valence-corrected chi connectivity index (χ4v) is 2.38. The second-order valence-electron chi connectivity index (χ2n) is 5.22. The summed E-state index contributed by atoms with van der Waals surface area (Å²) in [6.45, 7) is 1.78. The van der Waals surface area contributed by atoms with Crippen LogP contribution in [0.3, 0.4) is 0 Å². The molecule has 1 aromatic carbocycles. The Balaban J connectivity index is 1.90. The number of aromatic nitrogens is 2. The Labute approximate surface area is 138 Å². The van der Waals surface area contributed by atoms with Crippen LogP contribution in [0.25, 0.3) is 10.9 Å². The van der Waals surface area contributed by atoms with E-state index in [4.69, 9.17) is 0 Å². The van der Waals surface area contributed by atoms with E-state index in [2.05, 4.69) is 20.0 Å². The molecule has 0 bridgehead atoms. The first-order chi connectivity index (χ1) is 11.6. The fraction of sp³-hybridized carbons (Fsp3) is 0.111. The number of ether oxygens (including phenoxy) is 1. The van der Waals surface area contributed by atoms with Crippen LogP contribution in [0.5, 0.6) is 0 Å². The van der Waals surface area contributed by atoms with Crippen molar-refractivity contribution in [1.29, 1.82) is 0 Å². The molecule has 0 atom stereocenters. The van der Waals surface area contributed by atoms with Crippen molar-refractivity contribution in [2.45, 2.75) is 6.92 Å². The van der Waals surface area contributed by atoms with E-state index in [1.807, 2.05) is 0 Å². The van der Waals surface area contributed by atoms with Crippen molar-refractivity contribution < 1.29 is 14.3 Å². The van der Waals surface area contributed by atoms with E-state index in [0.29, 0.717) is 22.5 Å². The maximum Gasteiger partial charge on any atom is 0.337 e. The first-order valence-electron chi connectivity index (χ1n) is 7.29. The normalized spacial score (nSPS) is 10.4. The van der Waals surface area contributed by atoms with E-state index in [1.165, 1.54) is 7.11 Å². The van der Waals surface area contributed by atoms with Crippen LogP contribution in [0, 0.1) is 6.92 Å². The van der Waals surface area contributed by atoms with Gasteiger partial charge >= 0.3 is 5.97 Å². The molecule has 2 aromatic heterocycles. The molecule has 0 unspecified atom stereocenters. The third kappa shape index (κ3) is 3.08. The average Bonchev–Trinajstić information content (AvgIpc) is 2.60. The lowest BCUT2D eigenvalue weighted by Gasteiger charge is -2.09. The molecule has 3 rings (SSSR count). The highest BCUT2D eigenvalue weighted by Crippen LogP contribution is 2.18. The standard InChI is InChI=1S/C18H15N3O3/c1-11-15(9-13-10-19-7-6-16(13)20-11)17(22)21-14-5-3-4-12(8-14)18(23)24-2/h3-10H,1-2H3,(H,21,22). The van der Waals surface area contributed by atoms with E-state index in [1.54, 1.807) is 55.7 Å². The lowest BCUT2D eigenvalue weighted by atomic mass is 10.1. The topological polar surface area (TPSA) is 81.2 Å². The fourth-order valence-electron chi connectivity index (χ4n) is 2.38. The summed E-state index contributed by atoms with van der Waals surface area (Å²) in [5.41, 5.74) is 2.74. The van der Waals surface area contributed by atoms with Crippen molar-refractivity contribution in [1.82, 2.24) is 9.97 Å². The molecule has 2 heterocycles. The summed E-state index contributed by atoms with van der Waals surface area (Å²) in [6.07, 6.45) is 3.32. The average molecular weight is 321 g/mol. The van der Waals surface area contributed by atoms with Crippen molar-refractivity contribution >= 4 is 28.5 Å². The number of carbonyl (C=O) groups excluding carboxylic acids is 2. The van der Waals surface area contributed by atoms with Gasteiger partial charge in [-0.2, -0.15) is 0 Å². The molecule has 6 heteroatoms. The summed E-state index contributed by atoms with van der Waals surface area (Å²) >= 11 is 0. The molecule has 6 nitrogen and oxygen atoms in total. The highest BCUT2D eigenvalue weighted by molar-refractivity contribution is 6.07. The SMILES string of the molecule is COC(=O)c1cccc(NC(=O)c2cc3cnccc3nc2C)c1. The van der Waals surface area contributed by atoms with Gasteiger partial charge in [0.25, 0.3) is 5.91 Å². The first kappa shape index (κ1) is 15.6. The predicted molar refractivity (Wildman–Crippen MR) is 90.0 cm³/mol. The molecule has 120 valence electrons. The molecule has 0 spiro atoms. The summed E-state index contributed by atoms with van der Waals surface area (Å²) in [5.74, 6) is -0.756. The number of amides is 1. The van der Waals surface area contributed by atoms with E-state index in [0.717, 1.165) is 10.9 Å². The predicted octanol–water partition coefficient (Wildman–Crippen LogP) is 2.98. The molecule has 0 aliphatic carbocycles. The first-order valence-corrected chi connectivity index (χ1v) is 7.29. The van der Waals surface area contributed by atoms with Crippen LogP contribution in [0.1, 0.15) is 26.4 Å². The van der Waals surface area contributed by atoms with Gasteiger partial charge in [-0.25, -0.2) is 4.79 Å². The van der Waals surface area contributed by atoms with Gasteiger partial charge in [-0.1, -0.05) is 6.07 Å². The number of nitrogens with zero attached hydrogens (tertiary/aromatic N) is 2. The molecule has 0 aliphatic rings. The van der Waals surface area contributed by atoms with Crippen molar-refractivity contribution in [3.8, 4) is 0 Å². The third-order valence-electron chi connectivity index (χ3n) is 3.59. The minimum atomic E-state index is -0.458. The number of methoxy groups -OCH3 is 1. The lowest BCUT2D eigenvalue weighted by Crippen LogP contribution is -2.14. The number of esters is 1. The number of anilines is 1. The second-order valence-corrected chi connectivity index (χ2v) is 5.22. The van der Waals surface area contributed by atoms with Crippen molar-refractivity contribution in [3.05, 3.63) is 65.6 Å². The molecule has 3 aromatic rings. The number of rotatable bonds is 3. The zero-order valence-electron chi connectivity index (χ0n) is 13.2. The molecule has 24 heavy (non-hydrogen) atoms. The number of carbonyl (C=O) groups is 2. The van der Waals surface area contributed by atoms with Crippen molar-refractivity contribution in [2.75, 3.05) is 12.4 Å². The Morgan fingerprint density at radius 1 is 1.17 bits per heavy atom. The molecule has 0 radical (unpaired) electrons. The van der Waals surface area contributed by atoms with Gasteiger partial charge in [0.15, 0.2) is 0 Å². The van der Waals surface area contributed by atoms with Crippen LogP contribution in [0.15, 0.2) is 48.8 Å². The van der Waals surface area contributed by atoms with Crippen LogP contribution in [-0.4, -0.2) is 29.0 Å². The molecular weight excluding hydrogens is 306 g/mol. The summed E-state index contributed by atoms with van der Waals surface area (Å²) in [5, 5.41) is 3.56. The smallest absolute Gasteiger partial charge is 0.337 e. The van der Waals surface area contributed by atoms with Crippen LogP contribution >= 0.6 is 0 Å². The number of fused-ring (bicyclic) bond motifs is 1. The number of hydrogen-bond donors (Lipinski definition) is 1. The highest BCUT2D eigenvalue weighted by Gasteiger charge is 2.13. The summed E-state index contributed by atoms with van der Waals surface area (Å²) < 4.78 is 4.68. The quantitative estimate of drug-likeness (QED) is 0.750. The van der Waals surface area contributed by atoms with Gasteiger partial charge in [0.2, 0.25) is 0 Å². The lowest BCUT2D eigenvalue weighted by molar-refractivity contribution is 0.0600. The van der Waals surface area contributed by atoms with E-state index < -0.39 is 5.97 Å². The van der Waals surface area contributed by atoms with Crippen LogP contribution in [-0.2, 0) is 4.74 Å². The molecular formula is C18H15N3O3. The number of nitrogens with one attached hydrogen (secondary N) is 1. The highest BCUT2D eigenvalue weighted by atomic mass is 16.5. The van der Waals surface area contributed by atoms with Gasteiger partial charge in [0.05, 0.1) is 29.4 Å². The number of hydrogen-bond acceptors (Lipinski definition) is 5. The Hall–Kier alpha value is -3.28. The summed E-state index contributed by atoms with van der Waals surface area (Å²) in [7, 11) is 1.31. The van der Waals surface area contributed by atoms with Gasteiger partial charge in [-0.3, -0.25) is 14.8 Å². The zero-order chi connectivity index (χ0) is 17.1. The Morgan fingerprint density at radius 2 is 2.00 bits per heavy atom. The third-order valence-corrected chi connectivity index (χ3v) is 3.59. The monoisotopic (exact) mass is 321 g/mol. The van der Waals surface area contributed by atoms with Crippen LogP contribution in [0.4, 0.5) is 5.69 Å². The van der Waals surface area contributed by atoms with Crippen LogP contribution in [0.2, 0.25) is 0 Å². The molecule has 0 aliphatic heterocycles. The molecule has 1 N–H and O–H groups in total. The van der Waals surface area contributed by atoms with Gasteiger partial charge in [0, 0.05) is 23.5 Å². The van der Waals surface area contributed by atoms with E-state index >= 15 is 0 Å². The maximum absolute atomic E-state index is 12.5. The molecule has 0 saturated heterocycles. The van der Waals surface area contributed by atoms with Crippen LogP contribution < -0.4 is 5.32 Å². The zero-order valence-corrected chi connectivity index (χ0v) is 13.2. The van der Waals surface area contributed by atoms with E-state index in [9.17, 15) is 9.59 Å². The summed E-state index contributed by atoms with van der Waals surface area (Å²) in [6, 6.07) is 10.1. The van der Waals surface area contributed by atoms with Gasteiger partial charge in [0.1, 0.15) is 0 Å². The Morgan fingerprint density at radius 3 is 2.79 bits per heavy atom. The second kappa shape index (κ2) is 6.45. The minimum absolute atomic E-state index is 0.298. The number of aryl methyl sites for hydroxylation is 1. The maximum atomic E-state index is 12.5. The summed E-state index contributed by atoms with van der Waals surface area (Å²) in [4.78, 5) is 32.6. The Kier molecular flexibility index (Phi) is 4.20.